The molecule has 1 heterocycles. The molecule has 0 unspecified atom stereocenters. The number of hydrogen-bond acceptors (Lipinski definition) is 4. The monoisotopic (exact) mass is 382 g/mol. The SMILES string of the molecule is O=C1CCC(C(=O)Nc2cc(C(F)(F)F)ccc2NC2CCCCC2)=NN1. The summed E-state index contributed by atoms with van der Waals surface area (Å²) in [5.74, 6) is -0.925. The van der Waals surface area contributed by atoms with Gasteiger partial charge in [0.25, 0.3) is 5.91 Å². The third kappa shape index (κ3) is 4.99. The van der Waals surface area contributed by atoms with Gasteiger partial charge >= 0.3 is 6.18 Å². The molecule has 3 N–H and O–H groups in total. The van der Waals surface area contributed by atoms with Crippen LogP contribution in [0.25, 0.3) is 0 Å². The van der Waals surface area contributed by atoms with Crippen molar-refractivity contribution in [3.8, 4) is 0 Å². The number of alkyl halides is 3. The lowest BCUT2D eigenvalue weighted by Crippen LogP contribution is -2.33. The fourth-order valence-electron chi connectivity index (χ4n) is 3.25. The molecule has 1 aliphatic heterocycles. The zero-order valence-electron chi connectivity index (χ0n) is 14.7. The van der Waals surface area contributed by atoms with Gasteiger partial charge in [-0.3, -0.25) is 9.59 Å². The third-order valence-corrected chi connectivity index (χ3v) is 4.73. The maximum atomic E-state index is 13.1. The zero-order chi connectivity index (χ0) is 19.4. The lowest BCUT2D eigenvalue weighted by atomic mass is 9.95. The number of hydrogen-bond donors (Lipinski definition) is 3. The van der Waals surface area contributed by atoms with Crippen LogP contribution in [0.2, 0.25) is 0 Å². The van der Waals surface area contributed by atoms with Crippen molar-refractivity contribution < 1.29 is 22.8 Å². The Labute approximate surface area is 154 Å². The van der Waals surface area contributed by atoms with Gasteiger partial charge in [-0.05, 0) is 31.0 Å². The van der Waals surface area contributed by atoms with Crippen LogP contribution in [0.3, 0.4) is 0 Å². The molecule has 0 bridgehead atoms. The summed E-state index contributed by atoms with van der Waals surface area (Å²) in [7, 11) is 0. The van der Waals surface area contributed by atoms with Gasteiger partial charge in [0.1, 0.15) is 5.71 Å². The molecule has 9 heteroatoms. The second-order valence-electron chi connectivity index (χ2n) is 6.78. The Balaban J connectivity index is 1.82. The normalized spacial score (nSPS) is 18.5. The molecule has 1 aliphatic carbocycles. The lowest BCUT2D eigenvalue weighted by Gasteiger charge is -2.26. The van der Waals surface area contributed by atoms with Crippen molar-refractivity contribution in [2.45, 2.75) is 57.2 Å². The largest absolute Gasteiger partial charge is 0.416 e. The summed E-state index contributed by atoms with van der Waals surface area (Å²) in [5.41, 5.74) is 1.95. The number of carbonyl (C=O) groups is 2. The minimum atomic E-state index is -4.51. The fraction of sp³-hybridized carbons (Fsp3) is 0.500. The lowest BCUT2D eigenvalue weighted by molar-refractivity contribution is -0.137. The van der Waals surface area contributed by atoms with Crippen LogP contribution in [-0.4, -0.2) is 23.6 Å². The van der Waals surface area contributed by atoms with Crippen LogP contribution in [0.1, 0.15) is 50.5 Å². The first-order valence-electron chi connectivity index (χ1n) is 8.97. The van der Waals surface area contributed by atoms with Crippen LogP contribution in [-0.2, 0) is 15.8 Å². The summed E-state index contributed by atoms with van der Waals surface area (Å²) in [5, 5.41) is 9.45. The van der Waals surface area contributed by atoms with E-state index in [0.29, 0.717) is 5.69 Å². The van der Waals surface area contributed by atoms with Gasteiger partial charge in [0.2, 0.25) is 5.91 Å². The molecule has 146 valence electrons. The molecule has 0 saturated heterocycles. The zero-order valence-corrected chi connectivity index (χ0v) is 14.7. The van der Waals surface area contributed by atoms with E-state index in [-0.39, 0.29) is 36.2 Å². The summed E-state index contributed by atoms with van der Waals surface area (Å²) in [4.78, 5) is 23.5. The van der Waals surface area contributed by atoms with E-state index in [9.17, 15) is 22.8 Å². The van der Waals surface area contributed by atoms with Crippen molar-refractivity contribution in [1.82, 2.24) is 5.43 Å². The van der Waals surface area contributed by atoms with E-state index in [1.165, 1.54) is 6.07 Å². The van der Waals surface area contributed by atoms with Gasteiger partial charge in [-0.1, -0.05) is 19.3 Å². The topological polar surface area (TPSA) is 82.6 Å². The van der Waals surface area contributed by atoms with Crippen molar-refractivity contribution in [3.05, 3.63) is 23.8 Å². The van der Waals surface area contributed by atoms with E-state index in [0.717, 1.165) is 44.2 Å². The second kappa shape index (κ2) is 7.98. The molecule has 0 radical (unpaired) electrons. The first-order chi connectivity index (χ1) is 12.8. The molecular formula is C18H21F3N4O2. The number of benzene rings is 1. The summed E-state index contributed by atoms with van der Waals surface area (Å²) >= 11 is 0. The number of nitrogens with zero attached hydrogens (tertiary/aromatic N) is 1. The first-order valence-corrected chi connectivity index (χ1v) is 8.97. The summed E-state index contributed by atoms with van der Waals surface area (Å²) in [6, 6.07) is 3.43. The van der Waals surface area contributed by atoms with Gasteiger partial charge in [0, 0.05) is 18.9 Å². The van der Waals surface area contributed by atoms with E-state index in [1.807, 2.05) is 0 Å². The van der Waals surface area contributed by atoms with Crippen molar-refractivity contribution in [2.75, 3.05) is 10.6 Å². The van der Waals surface area contributed by atoms with Gasteiger partial charge in [-0.25, -0.2) is 5.43 Å². The smallest absolute Gasteiger partial charge is 0.381 e. The average Bonchev–Trinajstić information content (AvgIpc) is 2.63. The molecule has 27 heavy (non-hydrogen) atoms. The minimum absolute atomic E-state index is 0.0556. The van der Waals surface area contributed by atoms with E-state index in [4.69, 9.17) is 0 Å². The number of halogens is 3. The van der Waals surface area contributed by atoms with E-state index >= 15 is 0 Å². The molecule has 3 rings (SSSR count). The molecular weight excluding hydrogens is 361 g/mol. The highest BCUT2D eigenvalue weighted by atomic mass is 19.4. The maximum absolute atomic E-state index is 13.1. The second-order valence-corrected chi connectivity index (χ2v) is 6.78. The molecule has 1 fully saturated rings. The molecule has 6 nitrogen and oxygen atoms in total. The number of carbonyl (C=O) groups excluding carboxylic acids is 2. The minimum Gasteiger partial charge on any atom is -0.381 e. The van der Waals surface area contributed by atoms with Gasteiger partial charge < -0.3 is 10.6 Å². The number of hydrazone groups is 1. The number of amides is 2. The van der Waals surface area contributed by atoms with Crippen LogP contribution in [0.15, 0.2) is 23.3 Å². The van der Waals surface area contributed by atoms with Crippen LogP contribution in [0.5, 0.6) is 0 Å². The summed E-state index contributed by atoms with van der Waals surface area (Å²) < 4.78 is 39.3. The van der Waals surface area contributed by atoms with Gasteiger partial charge in [-0.2, -0.15) is 18.3 Å². The summed E-state index contributed by atoms with van der Waals surface area (Å²) in [6.45, 7) is 0. The fourth-order valence-corrected chi connectivity index (χ4v) is 3.25. The molecule has 1 aromatic carbocycles. The molecule has 1 aromatic rings. The van der Waals surface area contributed by atoms with Gasteiger partial charge in [-0.15, -0.1) is 0 Å². The van der Waals surface area contributed by atoms with Crippen LogP contribution in [0, 0.1) is 0 Å². The van der Waals surface area contributed by atoms with Crippen molar-refractivity contribution in [3.63, 3.8) is 0 Å². The summed E-state index contributed by atoms with van der Waals surface area (Å²) in [6.07, 6.45) is 0.900. The number of nitrogens with one attached hydrogen (secondary N) is 3. The highest BCUT2D eigenvalue weighted by Gasteiger charge is 2.31. The molecule has 1 saturated carbocycles. The molecule has 0 spiro atoms. The molecule has 2 aliphatic rings. The Kier molecular flexibility index (Phi) is 5.67. The standard InChI is InChI=1S/C18H21F3N4O2/c19-18(20,21)11-6-7-13(22-12-4-2-1-3-5-12)15(10-11)23-17(27)14-8-9-16(26)25-24-14/h6-7,10,12,22H,1-5,8-9H2,(H,23,27)(H,25,26). The first kappa shape index (κ1) is 19.2. The third-order valence-electron chi connectivity index (χ3n) is 4.73. The quantitative estimate of drug-likeness (QED) is 0.743. The van der Waals surface area contributed by atoms with Crippen molar-refractivity contribution in [2.24, 2.45) is 5.10 Å². The van der Waals surface area contributed by atoms with Gasteiger partial charge in [0.05, 0.1) is 16.9 Å². The van der Waals surface area contributed by atoms with Crippen molar-refractivity contribution in [1.29, 1.82) is 0 Å². The highest BCUT2D eigenvalue weighted by molar-refractivity contribution is 6.43. The number of rotatable bonds is 4. The Hall–Kier alpha value is -2.58. The van der Waals surface area contributed by atoms with Crippen molar-refractivity contribution >= 4 is 28.9 Å². The molecule has 0 aromatic heterocycles. The van der Waals surface area contributed by atoms with E-state index in [2.05, 4.69) is 21.2 Å². The predicted molar refractivity (Wildman–Crippen MR) is 95.4 cm³/mol. The Bertz CT molecular complexity index is 755. The van der Waals surface area contributed by atoms with Gasteiger partial charge in [0.15, 0.2) is 0 Å². The molecule has 2 amide bonds. The van der Waals surface area contributed by atoms with Crippen LogP contribution < -0.4 is 16.1 Å². The van der Waals surface area contributed by atoms with Crippen LogP contribution >= 0.6 is 0 Å². The average molecular weight is 382 g/mol. The maximum Gasteiger partial charge on any atom is 0.416 e. The van der Waals surface area contributed by atoms with E-state index < -0.39 is 17.6 Å². The number of anilines is 2. The molecule has 0 atom stereocenters. The Morgan fingerprint density at radius 3 is 2.48 bits per heavy atom. The highest BCUT2D eigenvalue weighted by Crippen LogP contribution is 2.35. The van der Waals surface area contributed by atoms with Crippen LogP contribution in [0.4, 0.5) is 24.5 Å². The Morgan fingerprint density at radius 2 is 1.85 bits per heavy atom. The van der Waals surface area contributed by atoms with E-state index in [1.54, 1.807) is 0 Å². The Morgan fingerprint density at radius 1 is 1.11 bits per heavy atom. The predicted octanol–water partition coefficient (Wildman–Crippen LogP) is 3.65.